The number of amides is 1. The summed E-state index contributed by atoms with van der Waals surface area (Å²) in [7, 11) is 1.56. The van der Waals surface area contributed by atoms with E-state index in [1.54, 1.807) is 7.11 Å². The predicted octanol–water partition coefficient (Wildman–Crippen LogP) is 1.41. The van der Waals surface area contributed by atoms with E-state index in [0.717, 1.165) is 11.1 Å². The molecule has 1 atom stereocenters. The number of nitrogens with one attached hydrogen (secondary N) is 1. The van der Waals surface area contributed by atoms with E-state index < -0.39 is 0 Å². The third kappa shape index (κ3) is 5.42. The molecule has 0 spiro atoms. The third-order valence-electron chi connectivity index (χ3n) is 4.88. The molecule has 1 aromatic heterocycles. The monoisotopic (exact) mass is 400 g/mol. The highest BCUT2D eigenvalue weighted by molar-refractivity contribution is 5.76. The highest BCUT2D eigenvalue weighted by Gasteiger charge is 2.20. The zero-order chi connectivity index (χ0) is 20.8. The van der Waals surface area contributed by atoms with Crippen molar-refractivity contribution in [3.63, 3.8) is 0 Å². The highest BCUT2D eigenvalue weighted by atomic mass is 16.5. The van der Waals surface area contributed by atoms with Crippen molar-refractivity contribution in [2.24, 2.45) is 0 Å². The van der Waals surface area contributed by atoms with Crippen LogP contribution in [0.15, 0.2) is 35.1 Å². The molecule has 8 nitrogen and oxygen atoms in total. The Labute approximate surface area is 170 Å². The van der Waals surface area contributed by atoms with E-state index in [4.69, 9.17) is 9.47 Å². The Morgan fingerprint density at radius 1 is 1.28 bits per heavy atom. The first-order valence-corrected chi connectivity index (χ1v) is 9.76. The lowest BCUT2D eigenvalue weighted by Gasteiger charge is -2.30. The number of morpholine rings is 1. The number of hydrogen-bond donors (Lipinski definition) is 1. The van der Waals surface area contributed by atoms with Crippen LogP contribution >= 0.6 is 0 Å². The Bertz CT molecular complexity index is 889. The number of carbonyl (C=O) groups is 1. The molecule has 8 heteroatoms. The van der Waals surface area contributed by atoms with Gasteiger partial charge in [0.25, 0.3) is 5.56 Å². The van der Waals surface area contributed by atoms with Crippen molar-refractivity contribution in [1.29, 1.82) is 0 Å². The molecule has 1 unspecified atom stereocenters. The molecule has 1 N–H and O–H groups in total. The number of rotatable bonds is 7. The molecule has 29 heavy (non-hydrogen) atoms. The van der Waals surface area contributed by atoms with Gasteiger partial charge in [-0.2, -0.15) is 0 Å². The Hall–Kier alpha value is -2.71. The second-order valence-electron chi connectivity index (χ2n) is 7.20. The fourth-order valence-corrected chi connectivity index (χ4v) is 3.28. The molecule has 1 aromatic carbocycles. The standard InChI is InChI=1S/C21H28N4O4/c1-15-4-6-17(7-5-15)16(2)22-19(26)13-25-20(27)12-18(14-28-3)23-21(25)24-8-10-29-11-9-24/h4-7,12,16H,8-11,13-14H2,1-3H3,(H,22,26). The van der Waals surface area contributed by atoms with Gasteiger partial charge in [0.2, 0.25) is 11.9 Å². The second-order valence-corrected chi connectivity index (χ2v) is 7.20. The number of aromatic nitrogens is 2. The number of ether oxygens (including phenoxy) is 2. The van der Waals surface area contributed by atoms with Gasteiger partial charge in [0, 0.05) is 26.3 Å². The fraction of sp³-hybridized carbons (Fsp3) is 0.476. The number of carbonyl (C=O) groups excluding carboxylic acids is 1. The Kier molecular flexibility index (Phi) is 7.00. The van der Waals surface area contributed by atoms with Crippen molar-refractivity contribution >= 4 is 11.9 Å². The van der Waals surface area contributed by atoms with Crippen molar-refractivity contribution in [1.82, 2.24) is 14.9 Å². The van der Waals surface area contributed by atoms with Gasteiger partial charge in [-0.3, -0.25) is 14.2 Å². The lowest BCUT2D eigenvalue weighted by atomic mass is 10.1. The van der Waals surface area contributed by atoms with Gasteiger partial charge in [0.15, 0.2) is 0 Å². The quantitative estimate of drug-likeness (QED) is 0.756. The van der Waals surface area contributed by atoms with Crippen molar-refractivity contribution in [2.45, 2.75) is 33.0 Å². The SMILES string of the molecule is COCc1cc(=O)n(CC(=O)NC(C)c2ccc(C)cc2)c(N2CCOCC2)n1. The maximum absolute atomic E-state index is 12.7. The Morgan fingerprint density at radius 2 is 1.97 bits per heavy atom. The molecular formula is C21H28N4O4. The first kappa shape index (κ1) is 21.0. The van der Waals surface area contributed by atoms with Crippen LogP contribution in [-0.4, -0.2) is 48.9 Å². The minimum Gasteiger partial charge on any atom is -0.378 e. The van der Waals surface area contributed by atoms with Gasteiger partial charge >= 0.3 is 0 Å². The summed E-state index contributed by atoms with van der Waals surface area (Å²) >= 11 is 0. The van der Waals surface area contributed by atoms with Crippen molar-refractivity contribution < 1.29 is 14.3 Å². The average molecular weight is 400 g/mol. The molecule has 0 radical (unpaired) electrons. The van der Waals surface area contributed by atoms with Gasteiger partial charge in [0.1, 0.15) is 6.54 Å². The molecular weight excluding hydrogens is 372 g/mol. The normalized spacial score (nSPS) is 15.2. The molecule has 3 rings (SSSR count). The number of aryl methyl sites for hydroxylation is 1. The number of methoxy groups -OCH3 is 1. The summed E-state index contributed by atoms with van der Waals surface area (Å²) in [4.78, 5) is 32.0. The zero-order valence-corrected chi connectivity index (χ0v) is 17.2. The van der Waals surface area contributed by atoms with E-state index in [0.29, 0.717) is 37.9 Å². The molecule has 1 saturated heterocycles. The van der Waals surface area contributed by atoms with Gasteiger partial charge in [-0.25, -0.2) is 4.98 Å². The van der Waals surface area contributed by atoms with Gasteiger partial charge < -0.3 is 19.7 Å². The molecule has 0 saturated carbocycles. The summed E-state index contributed by atoms with van der Waals surface area (Å²) in [5.41, 5.74) is 2.45. The number of hydrogen-bond acceptors (Lipinski definition) is 6. The number of benzene rings is 1. The molecule has 1 amide bonds. The van der Waals surface area contributed by atoms with Crippen LogP contribution in [0.2, 0.25) is 0 Å². The summed E-state index contributed by atoms with van der Waals surface area (Å²) < 4.78 is 11.9. The molecule has 2 heterocycles. The lowest BCUT2D eigenvalue weighted by molar-refractivity contribution is -0.122. The van der Waals surface area contributed by atoms with Crippen LogP contribution in [0.3, 0.4) is 0 Å². The predicted molar refractivity (Wildman–Crippen MR) is 110 cm³/mol. The first-order valence-electron chi connectivity index (χ1n) is 9.76. The fourth-order valence-electron chi connectivity index (χ4n) is 3.28. The van der Waals surface area contributed by atoms with E-state index >= 15 is 0 Å². The van der Waals surface area contributed by atoms with Crippen molar-refractivity contribution in [3.8, 4) is 0 Å². The van der Waals surface area contributed by atoms with Crippen molar-refractivity contribution in [3.05, 3.63) is 57.5 Å². The molecule has 156 valence electrons. The van der Waals surface area contributed by atoms with E-state index in [9.17, 15) is 9.59 Å². The summed E-state index contributed by atoms with van der Waals surface area (Å²) in [6.45, 7) is 6.43. The average Bonchev–Trinajstić information content (AvgIpc) is 2.71. The molecule has 1 fully saturated rings. The largest absolute Gasteiger partial charge is 0.378 e. The smallest absolute Gasteiger partial charge is 0.255 e. The lowest BCUT2D eigenvalue weighted by Crippen LogP contribution is -2.42. The summed E-state index contributed by atoms with van der Waals surface area (Å²) in [6.07, 6.45) is 0. The third-order valence-corrected chi connectivity index (χ3v) is 4.88. The summed E-state index contributed by atoms with van der Waals surface area (Å²) in [5, 5.41) is 2.97. The van der Waals surface area contributed by atoms with Gasteiger partial charge in [-0.05, 0) is 19.4 Å². The molecule has 0 aliphatic carbocycles. The highest BCUT2D eigenvalue weighted by Crippen LogP contribution is 2.15. The van der Waals surface area contributed by atoms with Crippen LogP contribution in [0.1, 0.15) is 29.8 Å². The maximum Gasteiger partial charge on any atom is 0.255 e. The molecule has 2 aromatic rings. The van der Waals surface area contributed by atoms with Gasteiger partial charge in [0.05, 0.1) is 31.6 Å². The van der Waals surface area contributed by atoms with Crippen LogP contribution < -0.4 is 15.8 Å². The summed E-state index contributed by atoms with van der Waals surface area (Å²) in [5.74, 6) is 0.238. The van der Waals surface area contributed by atoms with Crippen molar-refractivity contribution in [2.75, 3.05) is 38.3 Å². The minimum absolute atomic E-state index is 0.0953. The topological polar surface area (TPSA) is 85.7 Å². The van der Waals surface area contributed by atoms with Crippen LogP contribution in [0.5, 0.6) is 0 Å². The van der Waals surface area contributed by atoms with Crippen LogP contribution in [0, 0.1) is 6.92 Å². The molecule has 0 bridgehead atoms. The molecule has 1 aliphatic heterocycles. The van der Waals surface area contributed by atoms with E-state index in [2.05, 4.69) is 10.3 Å². The van der Waals surface area contributed by atoms with Crippen LogP contribution in [-0.2, 0) is 27.4 Å². The van der Waals surface area contributed by atoms with Crippen LogP contribution in [0.4, 0.5) is 5.95 Å². The van der Waals surface area contributed by atoms with E-state index in [1.807, 2.05) is 43.0 Å². The number of anilines is 1. The maximum atomic E-state index is 12.7. The second kappa shape index (κ2) is 9.67. The number of nitrogens with zero attached hydrogens (tertiary/aromatic N) is 3. The summed E-state index contributed by atoms with van der Waals surface area (Å²) in [6, 6.07) is 9.27. The van der Waals surface area contributed by atoms with Crippen LogP contribution in [0.25, 0.3) is 0 Å². The molecule has 1 aliphatic rings. The zero-order valence-electron chi connectivity index (χ0n) is 17.2. The van der Waals surface area contributed by atoms with E-state index in [1.165, 1.54) is 10.6 Å². The van der Waals surface area contributed by atoms with Gasteiger partial charge in [-0.1, -0.05) is 29.8 Å². The Balaban J connectivity index is 1.80. The first-order chi connectivity index (χ1) is 14.0. The minimum atomic E-state index is -0.272. The Morgan fingerprint density at radius 3 is 2.62 bits per heavy atom. The van der Waals surface area contributed by atoms with Gasteiger partial charge in [-0.15, -0.1) is 0 Å². The van der Waals surface area contributed by atoms with E-state index in [-0.39, 0.29) is 30.7 Å².